The predicted octanol–water partition coefficient (Wildman–Crippen LogP) is 3.50. The molecule has 0 atom stereocenters. The first-order valence-electron chi connectivity index (χ1n) is 6.06. The first-order valence-corrected chi connectivity index (χ1v) is 6.06. The Kier molecular flexibility index (Phi) is 4.05. The number of rotatable bonds is 6. The van der Waals surface area contributed by atoms with Crippen molar-refractivity contribution in [3.63, 3.8) is 0 Å². The summed E-state index contributed by atoms with van der Waals surface area (Å²) in [6.07, 6.45) is 4.48. The van der Waals surface area contributed by atoms with Gasteiger partial charge in [0.15, 0.2) is 0 Å². The first kappa shape index (κ1) is 13.0. The minimum atomic E-state index is -0.919. The Hall–Kier alpha value is -2.46. The third-order valence-corrected chi connectivity index (χ3v) is 3.03. The van der Waals surface area contributed by atoms with E-state index in [1.54, 1.807) is 18.2 Å². The third kappa shape index (κ3) is 3.05. The van der Waals surface area contributed by atoms with Gasteiger partial charge in [-0.3, -0.25) is 0 Å². The summed E-state index contributed by atoms with van der Waals surface area (Å²) < 4.78 is 0. The molecular formula is C13H14N4O2. The topological polar surface area (TPSA) is 102 Å². The number of hydrogen-bond donors (Lipinski definition) is 2. The van der Waals surface area contributed by atoms with Crippen LogP contribution < -0.4 is 0 Å². The highest BCUT2D eigenvalue weighted by Crippen LogP contribution is 2.21. The van der Waals surface area contributed by atoms with E-state index < -0.39 is 5.97 Å². The van der Waals surface area contributed by atoms with Crippen molar-refractivity contribution in [2.75, 3.05) is 6.54 Å². The zero-order chi connectivity index (χ0) is 13.7. The molecule has 0 aliphatic carbocycles. The number of unbranched alkanes of at least 4 members (excludes halogenated alkanes) is 1. The Labute approximate surface area is 109 Å². The van der Waals surface area contributed by atoms with E-state index in [1.165, 1.54) is 0 Å². The van der Waals surface area contributed by atoms with Gasteiger partial charge in [0.2, 0.25) is 0 Å². The van der Waals surface area contributed by atoms with Gasteiger partial charge in [0.1, 0.15) is 0 Å². The molecule has 6 nitrogen and oxygen atoms in total. The molecule has 0 bridgehead atoms. The van der Waals surface area contributed by atoms with Crippen LogP contribution in [-0.2, 0) is 6.42 Å². The summed E-state index contributed by atoms with van der Waals surface area (Å²) in [5.41, 5.74) is 10.5. The number of carbonyl (C=O) groups is 1. The smallest absolute Gasteiger partial charge is 0.335 e. The summed E-state index contributed by atoms with van der Waals surface area (Å²) in [6.45, 7) is 0.499. The second-order valence-corrected chi connectivity index (χ2v) is 4.29. The fourth-order valence-corrected chi connectivity index (χ4v) is 2.06. The summed E-state index contributed by atoms with van der Waals surface area (Å²) in [5.74, 6) is -0.919. The van der Waals surface area contributed by atoms with Crippen molar-refractivity contribution >= 4 is 16.9 Å². The van der Waals surface area contributed by atoms with Gasteiger partial charge in [-0.2, -0.15) is 0 Å². The van der Waals surface area contributed by atoms with E-state index in [9.17, 15) is 4.79 Å². The number of nitrogens with one attached hydrogen (secondary N) is 1. The number of nitrogens with zero attached hydrogens (tertiary/aromatic N) is 3. The Balaban J connectivity index is 2.12. The highest BCUT2D eigenvalue weighted by molar-refractivity contribution is 5.94. The van der Waals surface area contributed by atoms with Crippen LogP contribution in [0.15, 0.2) is 29.5 Å². The van der Waals surface area contributed by atoms with E-state index in [0.717, 1.165) is 35.7 Å². The van der Waals surface area contributed by atoms with Crippen molar-refractivity contribution in [1.29, 1.82) is 0 Å². The molecule has 2 N–H and O–H groups in total. The largest absolute Gasteiger partial charge is 0.478 e. The van der Waals surface area contributed by atoms with Gasteiger partial charge in [-0.25, -0.2) is 4.79 Å². The summed E-state index contributed by atoms with van der Waals surface area (Å²) in [7, 11) is 0. The van der Waals surface area contributed by atoms with E-state index in [0.29, 0.717) is 12.1 Å². The lowest BCUT2D eigenvalue weighted by molar-refractivity contribution is 0.0697. The average Bonchev–Trinajstić information content (AvgIpc) is 2.81. The number of H-pyrrole nitrogens is 1. The molecule has 1 heterocycles. The van der Waals surface area contributed by atoms with Gasteiger partial charge >= 0.3 is 5.97 Å². The van der Waals surface area contributed by atoms with Crippen LogP contribution >= 0.6 is 0 Å². The van der Waals surface area contributed by atoms with E-state index in [2.05, 4.69) is 15.0 Å². The molecule has 19 heavy (non-hydrogen) atoms. The van der Waals surface area contributed by atoms with Crippen LogP contribution in [0.5, 0.6) is 0 Å². The van der Waals surface area contributed by atoms with Crippen molar-refractivity contribution in [3.8, 4) is 0 Å². The number of aromatic amines is 1. The minimum Gasteiger partial charge on any atom is -0.478 e. The number of aromatic nitrogens is 1. The van der Waals surface area contributed by atoms with Gasteiger partial charge in [0.05, 0.1) is 5.56 Å². The van der Waals surface area contributed by atoms with E-state index in [-0.39, 0.29) is 0 Å². The van der Waals surface area contributed by atoms with Crippen molar-refractivity contribution in [3.05, 3.63) is 46.0 Å². The highest BCUT2D eigenvalue weighted by atomic mass is 16.4. The second kappa shape index (κ2) is 5.93. The summed E-state index contributed by atoms with van der Waals surface area (Å²) in [4.78, 5) is 16.8. The summed E-state index contributed by atoms with van der Waals surface area (Å²) in [5, 5.41) is 13.4. The fraction of sp³-hybridized carbons (Fsp3) is 0.308. The monoisotopic (exact) mass is 258 g/mol. The molecule has 2 aromatic rings. The van der Waals surface area contributed by atoms with E-state index >= 15 is 0 Å². The number of hydrogen-bond acceptors (Lipinski definition) is 2. The number of benzene rings is 1. The number of carboxylic acids is 1. The molecule has 98 valence electrons. The van der Waals surface area contributed by atoms with Gasteiger partial charge in [-0.15, -0.1) is 0 Å². The highest BCUT2D eigenvalue weighted by Gasteiger charge is 2.08. The van der Waals surface area contributed by atoms with Crippen molar-refractivity contribution < 1.29 is 9.90 Å². The quantitative estimate of drug-likeness (QED) is 0.358. The molecule has 1 aromatic heterocycles. The van der Waals surface area contributed by atoms with Crippen LogP contribution in [0, 0.1) is 0 Å². The first-order chi connectivity index (χ1) is 9.22. The molecule has 0 saturated carbocycles. The molecule has 0 saturated heterocycles. The summed E-state index contributed by atoms with van der Waals surface area (Å²) >= 11 is 0. The second-order valence-electron chi connectivity index (χ2n) is 4.29. The van der Waals surface area contributed by atoms with Gasteiger partial charge in [-0.05, 0) is 48.6 Å². The number of azide groups is 1. The Morgan fingerprint density at radius 3 is 3.00 bits per heavy atom. The minimum absolute atomic E-state index is 0.294. The molecule has 0 aliphatic rings. The Morgan fingerprint density at radius 1 is 1.42 bits per heavy atom. The lowest BCUT2D eigenvalue weighted by Gasteiger charge is -2.00. The molecule has 0 unspecified atom stereocenters. The molecule has 0 amide bonds. The number of fused-ring (bicyclic) bond motifs is 1. The maximum absolute atomic E-state index is 11.0. The van der Waals surface area contributed by atoms with Crippen molar-refractivity contribution in [1.82, 2.24) is 4.98 Å². The molecule has 1 aromatic carbocycles. The molecule has 0 radical (unpaired) electrons. The lowest BCUT2D eigenvalue weighted by Crippen LogP contribution is -1.95. The van der Waals surface area contributed by atoms with E-state index in [1.807, 2.05) is 6.20 Å². The number of aryl methyl sites for hydroxylation is 1. The zero-order valence-electron chi connectivity index (χ0n) is 10.3. The number of aromatic carboxylic acids is 1. The SMILES string of the molecule is [N-]=[N+]=NCCCCc1c[nH]c2ccc(C(=O)O)cc12. The van der Waals surface area contributed by atoms with Crippen LogP contribution in [-0.4, -0.2) is 22.6 Å². The van der Waals surface area contributed by atoms with Crippen molar-refractivity contribution in [2.24, 2.45) is 5.11 Å². The van der Waals surface area contributed by atoms with Crippen molar-refractivity contribution in [2.45, 2.75) is 19.3 Å². The Morgan fingerprint density at radius 2 is 2.26 bits per heavy atom. The van der Waals surface area contributed by atoms with Crippen LogP contribution in [0.1, 0.15) is 28.8 Å². The molecule has 0 spiro atoms. The fourth-order valence-electron chi connectivity index (χ4n) is 2.06. The lowest BCUT2D eigenvalue weighted by atomic mass is 10.1. The maximum atomic E-state index is 11.0. The Bertz CT molecular complexity index is 641. The molecule has 0 fully saturated rings. The molecule has 6 heteroatoms. The molecule has 2 rings (SSSR count). The van der Waals surface area contributed by atoms with Crippen LogP contribution in [0.4, 0.5) is 0 Å². The predicted molar refractivity (Wildman–Crippen MR) is 72.2 cm³/mol. The van der Waals surface area contributed by atoms with Crippen LogP contribution in [0.25, 0.3) is 21.3 Å². The number of carboxylic acid groups (broad SMARTS) is 1. The van der Waals surface area contributed by atoms with E-state index in [4.69, 9.17) is 10.6 Å². The standard InChI is InChI=1S/C13H14N4O2/c14-17-16-6-2-1-3-10-8-15-12-5-4-9(13(18)19)7-11(10)12/h4-5,7-8,15H,1-3,6H2,(H,18,19). The van der Waals surface area contributed by atoms with Gasteiger partial charge in [0.25, 0.3) is 0 Å². The normalized spacial score (nSPS) is 10.3. The van der Waals surface area contributed by atoms with Crippen LogP contribution in [0.3, 0.4) is 0 Å². The van der Waals surface area contributed by atoms with Gasteiger partial charge in [0, 0.05) is 28.6 Å². The van der Waals surface area contributed by atoms with Gasteiger partial charge < -0.3 is 10.1 Å². The third-order valence-electron chi connectivity index (χ3n) is 3.03. The average molecular weight is 258 g/mol. The maximum Gasteiger partial charge on any atom is 0.335 e. The van der Waals surface area contributed by atoms with Crippen LogP contribution in [0.2, 0.25) is 0 Å². The van der Waals surface area contributed by atoms with Gasteiger partial charge in [-0.1, -0.05) is 5.11 Å². The zero-order valence-corrected chi connectivity index (χ0v) is 10.3. The molecular weight excluding hydrogens is 244 g/mol. The molecule has 0 aliphatic heterocycles. The summed E-state index contributed by atoms with van der Waals surface area (Å²) in [6, 6.07) is 5.06.